The largest absolute Gasteiger partial charge is 0.496 e. The Kier molecular flexibility index (Phi) is 7.28. The number of hydrogen-bond donors (Lipinski definition) is 1. The number of ether oxygens (including phenoxy) is 3. The van der Waals surface area contributed by atoms with Crippen molar-refractivity contribution in [3.63, 3.8) is 0 Å². The standard InChI is InChI=1S/C27H31N3O7/c1-27(2,3)37-26(33)30-12-10-29(11-13-30)18-8-6-17(7-9-18)28-25(32)23-16-20(31)24-21(35-5)14-19(34-4)15-22(24)36-23/h6-9,14-16H,10-13H2,1-5H3,(H,28,32). The Morgan fingerprint density at radius 3 is 2.22 bits per heavy atom. The van der Waals surface area contributed by atoms with Gasteiger partial charge < -0.3 is 33.7 Å². The molecule has 4 rings (SSSR count). The minimum Gasteiger partial charge on any atom is -0.496 e. The van der Waals surface area contributed by atoms with Gasteiger partial charge in [-0.05, 0) is 45.0 Å². The highest BCUT2D eigenvalue weighted by Gasteiger charge is 2.26. The van der Waals surface area contributed by atoms with Gasteiger partial charge in [-0.15, -0.1) is 0 Å². The highest BCUT2D eigenvalue weighted by Crippen LogP contribution is 2.29. The van der Waals surface area contributed by atoms with Gasteiger partial charge in [0.2, 0.25) is 0 Å². The van der Waals surface area contributed by atoms with E-state index in [0.717, 1.165) is 11.8 Å². The van der Waals surface area contributed by atoms with E-state index < -0.39 is 16.9 Å². The Hall–Kier alpha value is -4.21. The summed E-state index contributed by atoms with van der Waals surface area (Å²) >= 11 is 0. The van der Waals surface area contributed by atoms with E-state index in [0.29, 0.717) is 43.4 Å². The molecule has 0 spiro atoms. The maximum atomic E-state index is 12.8. The second-order valence-electron chi connectivity index (χ2n) is 9.63. The molecule has 0 radical (unpaired) electrons. The van der Waals surface area contributed by atoms with Crippen LogP contribution in [0, 0.1) is 0 Å². The van der Waals surface area contributed by atoms with Crippen LogP contribution in [0.4, 0.5) is 16.2 Å². The number of carbonyl (C=O) groups is 2. The molecule has 2 amide bonds. The molecule has 3 aromatic rings. The van der Waals surface area contributed by atoms with Gasteiger partial charge in [0.05, 0.1) is 14.2 Å². The van der Waals surface area contributed by atoms with Gasteiger partial charge in [0.15, 0.2) is 11.2 Å². The summed E-state index contributed by atoms with van der Waals surface area (Å²) in [7, 11) is 2.93. The molecule has 0 unspecified atom stereocenters. The molecule has 10 nitrogen and oxygen atoms in total. The Labute approximate surface area is 214 Å². The van der Waals surface area contributed by atoms with Gasteiger partial charge in [-0.3, -0.25) is 9.59 Å². The van der Waals surface area contributed by atoms with E-state index in [1.165, 1.54) is 20.3 Å². The van der Waals surface area contributed by atoms with Crippen LogP contribution in [0.15, 0.2) is 51.7 Å². The van der Waals surface area contributed by atoms with Gasteiger partial charge in [0.1, 0.15) is 28.1 Å². The zero-order chi connectivity index (χ0) is 26.7. The van der Waals surface area contributed by atoms with Crippen molar-refractivity contribution in [1.82, 2.24) is 4.90 Å². The third kappa shape index (κ3) is 5.96. The Balaban J connectivity index is 1.42. The number of amides is 2. The topological polar surface area (TPSA) is 111 Å². The predicted molar refractivity (Wildman–Crippen MR) is 140 cm³/mol. The van der Waals surface area contributed by atoms with Gasteiger partial charge in [0, 0.05) is 55.8 Å². The van der Waals surface area contributed by atoms with Crippen molar-refractivity contribution in [2.24, 2.45) is 0 Å². The number of nitrogens with one attached hydrogen (secondary N) is 1. The first-order valence-corrected chi connectivity index (χ1v) is 11.9. The monoisotopic (exact) mass is 509 g/mol. The fourth-order valence-corrected chi connectivity index (χ4v) is 4.04. The van der Waals surface area contributed by atoms with E-state index >= 15 is 0 Å². The van der Waals surface area contributed by atoms with Gasteiger partial charge in [0.25, 0.3) is 5.91 Å². The number of methoxy groups -OCH3 is 2. The predicted octanol–water partition coefficient (Wildman–Crippen LogP) is 4.12. The molecule has 1 N–H and O–H groups in total. The molecular formula is C27H31N3O7. The van der Waals surface area contributed by atoms with Crippen molar-refractivity contribution in [3.05, 3.63) is 58.4 Å². The van der Waals surface area contributed by atoms with Crippen molar-refractivity contribution >= 4 is 34.3 Å². The molecule has 1 aliphatic rings. The quantitative estimate of drug-likeness (QED) is 0.547. The first-order chi connectivity index (χ1) is 17.6. The molecule has 2 heterocycles. The number of carbonyl (C=O) groups excluding carboxylic acids is 2. The van der Waals surface area contributed by atoms with E-state index in [9.17, 15) is 14.4 Å². The maximum Gasteiger partial charge on any atom is 0.410 e. The molecule has 1 saturated heterocycles. The van der Waals surface area contributed by atoms with Crippen molar-refractivity contribution < 1.29 is 28.2 Å². The van der Waals surface area contributed by atoms with Crippen LogP contribution in [-0.4, -0.2) is 62.9 Å². The lowest BCUT2D eigenvalue weighted by Crippen LogP contribution is -2.50. The number of benzene rings is 2. The van der Waals surface area contributed by atoms with E-state index in [4.69, 9.17) is 18.6 Å². The number of hydrogen-bond acceptors (Lipinski definition) is 8. The molecule has 10 heteroatoms. The fraction of sp³-hybridized carbons (Fsp3) is 0.370. The van der Waals surface area contributed by atoms with Crippen LogP contribution in [0.1, 0.15) is 31.3 Å². The fourth-order valence-electron chi connectivity index (χ4n) is 4.04. The molecule has 1 aromatic heterocycles. The summed E-state index contributed by atoms with van der Waals surface area (Å²) in [4.78, 5) is 41.7. The summed E-state index contributed by atoms with van der Waals surface area (Å²) in [5, 5.41) is 2.99. The molecule has 1 fully saturated rings. The minimum absolute atomic E-state index is 0.129. The Morgan fingerprint density at radius 1 is 0.946 bits per heavy atom. The zero-order valence-corrected chi connectivity index (χ0v) is 21.6. The first-order valence-electron chi connectivity index (χ1n) is 11.9. The lowest BCUT2D eigenvalue weighted by atomic mass is 10.2. The molecule has 37 heavy (non-hydrogen) atoms. The van der Waals surface area contributed by atoms with Crippen molar-refractivity contribution in [3.8, 4) is 11.5 Å². The van der Waals surface area contributed by atoms with Crippen LogP contribution in [0.2, 0.25) is 0 Å². The maximum absolute atomic E-state index is 12.8. The average molecular weight is 510 g/mol. The SMILES string of the molecule is COc1cc(OC)c2c(=O)cc(C(=O)Nc3ccc(N4CCN(C(=O)OC(C)(C)C)CC4)cc3)oc2c1. The molecule has 196 valence electrons. The first kappa shape index (κ1) is 25.9. The molecule has 0 saturated carbocycles. The van der Waals surface area contributed by atoms with Crippen LogP contribution in [0.5, 0.6) is 11.5 Å². The van der Waals surface area contributed by atoms with Crippen molar-refractivity contribution in [2.75, 3.05) is 50.6 Å². The Bertz CT molecular complexity index is 1350. The summed E-state index contributed by atoms with van der Waals surface area (Å²) in [6, 6.07) is 11.6. The third-order valence-electron chi connectivity index (χ3n) is 5.87. The van der Waals surface area contributed by atoms with E-state index in [-0.39, 0.29) is 22.8 Å². The molecule has 0 aliphatic carbocycles. The summed E-state index contributed by atoms with van der Waals surface area (Å²) in [5.74, 6) is 0.0554. The summed E-state index contributed by atoms with van der Waals surface area (Å²) in [6.45, 7) is 8.00. The summed E-state index contributed by atoms with van der Waals surface area (Å²) < 4.78 is 21.7. The second kappa shape index (κ2) is 10.4. The van der Waals surface area contributed by atoms with E-state index in [1.807, 2.05) is 32.9 Å². The summed E-state index contributed by atoms with van der Waals surface area (Å²) in [6.07, 6.45) is -0.303. The normalized spacial score (nSPS) is 13.9. The van der Waals surface area contributed by atoms with Gasteiger partial charge in [-0.2, -0.15) is 0 Å². The number of rotatable bonds is 5. The number of fused-ring (bicyclic) bond motifs is 1. The number of anilines is 2. The van der Waals surface area contributed by atoms with E-state index in [2.05, 4.69) is 10.2 Å². The molecule has 2 aromatic carbocycles. The van der Waals surface area contributed by atoms with Crippen LogP contribution in [-0.2, 0) is 4.74 Å². The van der Waals surface area contributed by atoms with E-state index in [1.54, 1.807) is 23.1 Å². The minimum atomic E-state index is -0.556. The second-order valence-corrected chi connectivity index (χ2v) is 9.63. The Morgan fingerprint density at radius 2 is 1.62 bits per heavy atom. The highest BCUT2D eigenvalue weighted by molar-refractivity contribution is 6.03. The van der Waals surface area contributed by atoms with Crippen LogP contribution in [0.25, 0.3) is 11.0 Å². The average Bonchev–Trinajstić information content (AvgIpc) is 2.87. The molecule has 0 bridgehead atoms. The van der Waals surface area contributed by atoms with Crippen molar-refractivity contribution in [1.29, 1.82) is 0 Å². The lowest BCUT2D eigenvalue weighted by Gasteiger charge is -2.36. The highest BCUT2D eigenvalue weighted by atomic mass is 16.6. The zero-order valence-electron chi connectivity index (χ0n) is 21.6. The van der Waals surface area contributed by atoms with Crippen molar-refractivity contribution in [2.45, 2.75) is 26.4 Å². The summed E-state index contributed by atoms with van der Waals surface area (Å²) in [5.41, 5.74) is 0.788. The van der Waals surface area contributed by atoms with Gasteiger partial charge in [-0.25, -0.2) is 4.79 Å². The smallest absolute Gasteiger partial charge is 0.410 e. The third-order valence-corrected chi connectivity index (χ3v) is 5.87. The van der Waals surface area contributed by atoms with Crippen LogP contribution < -0.4 is 25.1 Å². The van der Waals surface area contributed by atoms with Crippen LogP contribution >= 0.6 is 0 Å². The molecular weight excluding hydrogens is 478 g/mol. The van der Waals surface area contributed by atoms with Gasteiger partial charge in [-0.1, -0.05) is 0 Å². The lowest BCUT2D eigenvalue weighted by molar-refractivity contribution is 0.0240. The number of piperazine rings is 1. The number of nitrogens with zero attached hydrogens (tertiary/aromatic N) is 2. The molecule has 1 aliphatic heterocycles. The molecule has 0 atom stereocenters. The van der Waals surface area contributed by atoms with Crippen LogP contribution in [0.3, 0.4) is 0 Å². The van der Waals surface area contributed by atoms with Gasteiger partial charge >= 0.3 is 6.09 Å².